The lowest BCUT2D eigenvalue weighted by Crippen LogP contribution is -2.31. The van der Waals surface area contributed by atoms with Gasteiger partial charge in [0.1, 0.15) is 23.8 Å². The lowest BCUT2D eigenvalue weighted by atomic mass is 10.1. The summed E-state index contributed by atoms with van der Waals surface area (Å²) in [5.41, 5.74) is 1.96. The number of para-hydroxylation sites is 2. The number of aromatic nitrogens is 2. The smallest absolute Gasteiger partial charge is 0.241 e. The Balaban J connectivity index is 1.83. The molecule has 0 radical (unpaired) electrons. The molecule has 6 nitrogen and oxygen atoms in total. The van der Waals surface area contributed by atoms with Gasteiger partial charge >= 0.3 is 0 Å². The Morgan fingerprint density at radius 2 is 1.77 bits per heavy atom. The first-order valence-electron chi connectivity index (χ1n) is 9.09. The topological polar surface area (TPSA) is 87.8 Å². The summed E-state index contributed by atoms with van der Waals surface area (Å²) in [5.74, 6) is -0.264. The number of sulfonamides is 1. The van der Waals surface area contributed by atoms with Gasteiger partial charge in [0, 0.05) is 7.05 Å². The maximum Gasteiger partial charge on any atom is 0.241 e. The van der Waals surface area contributed by atoms with Gasteiger partial charge in [0.2, 0.25) is 10.0 Å². The van der Waals surface area contributed by atoms with E-state index >= 15 is 0 Å². The average Bonchev–Trinajstić information content (AvgIpc) is 3.09. The predicted octanol–water partition coefficient (Wildman–Crippen LogP) is 3.65. The van der Waals surface area contributed by atoms with Crippen LogP contribution in [0.3, 0.4) is 0 Å². The molecule has 0 fully saturated rings. The molecule has 30 heavy (non-hydrogen) atoms. The summed E-state index contributed by atoms with van der Waals surface area (Å²) in [6.07, 6.45) is 0. The van der Waals surface area contributed by atoms with Crippen molar-refractivity contribution in [3.05, 3.63) is 95.6 Å². The molecule has 0 bridgehead atoms. The molecule has 3 aromatic carbocycles. The van der Waals surface area contributed by atoms with Crippen LogP contribution in [0.15, 0.2) is 77.7 Å². The number of aryl methyl sites for hydroxylation is 1. The van der Waals surface area contributed by atoms with Gasteiger partial charge in [-0.2, -0.15) is 9.98 Å². The number of rotatable bonds is 5. The molecule has 0 amide bonds. The van der Waals surface area contributed by atoms with Crippen LogP contribution in [-0.2, 0) is 17.1 Å². The molecule has 1 heterocycles. The van der Waals surface area contributed by atoms with Gasteiger partial charge < -0.3 is 4.57 Å². The lowest BCUT2D eigenvalue weighted by molar-refractivity contribution is 0.563. The van der Waals surface area contributed by atoms with E-state index in [2.05, 4.69) is 9.71 Å². The van der Waals surface area contributed by atoms with Gasteiger partial charge in [0.25, 0.3) is 0 Å². The Bertz CT molecular complexity index is 1380. The first-order valence-corrected chi connectivity index (χ1v) is 10.6. The fourth-order valence-corrected chi connectivity index (χ4v) is 4.53. The standard InChI is InChI=1S/C22H17FN4O2S/c1-27-20-10-6-5-9-19(20)25-22(27)21(15-7-3-2-4-8-15)26-30(28,29)17-11-12-18(23)16(13-17)14-24/h2-13,21,26H,1H3. The van der Waals surface area contributed by atoms with Crippen molar-refractivity contribution in [1.82, 2.24) is 14.3 Å². The number of nitrogens with one attached hydrogen (secondary N) is 1. The van der Waals surface area contributed by atoms with Gasteiger partial charge in [0.15, 0.2) is 0 Å². The molecule has 8 heteroatoms. The van der Waals surface area contributed by atoms with Gasteiger partial charge in [-0.1, -0.05) is 42.5 Å². The van der Waals surface area contributed by atoms with E-state index in [9.17, 15) is 12.8 Å². The second-order valence-electron chi connectivity index (χ2n) is 6.74. The molecule has 1 unspecified atom stereocenters. The van der Waals surface area contributed by atoms with Crippen LogP contribution in [-0.4, -0.2) is 18.0 Å². The molecule has 0 aliphatic carbocycles. The van der Waals surface area contributed by atoms with Crippen LogP contribution in [0.5, 0.6) is 0 Å². The number of hydrogen-bond donors (Lipinski definition) is 1. The number of nitrogens with zero attached hydrogens (tertiary/aromatic N) is 3. The zero-order valence-corrected chi connectivity index (χ0v) is 16.8. The van der Waals surface area contributed by atoms with E-state index in [1.54, 1.807) is 18.2 Å². The third-order valence-corrected chi connectivity index (χ3v) is 6.27. The number of fused-ring (bicyclic) bond motifs is 1. The molecule has 0 aliphatic rings. The number of benzene rings is 3. The average molecular weight is 420 g/mol. The van der Waals surface area contributed by atoms with Crippen LogP contribution < -0.4 is 4.72 Å². The largest absolute Gasteiger partial charge is 0.329 e. The van der Waals surface area contributed by atoms with E-state index in [0.29, 0.717) is 11.4 Å². The van der Waals surface area contributed by atoms with Gasteiger partial charge in [-0.15, -0.1) is 0 Å². The maximum absolute atomic E-state index is 13.7. The first-order chi connectivity index (χ1) is 14.4. The van der Waals surface area contributed by atoms with Crippen molar-refractivity contribution in [3.63, 3.8) is 0 Å². The second-order valence-corrected chi connectivity index (χ2v) is 8.45. The summed E-state index contributed by atoms with van der Waals surface area (Å²) < 4.78 is 44.4. The van der Waals surface area contributed by atoms with E-state index in [0.717, 1.165) is 29.2 Å². The monoisotopic (exact) mass is 420 g/mol. The highest BCUT2D eigenvalue weighted by Gasteiger charge is 2.27. The van der Waals surface area contributed by atoms with E-state index in [-0.39, 0.29) is 10.5 Å². The zero-order chi connectivity index (χ0) is 21.3. The minimum atomic E-state index is -4.08. The van der Waals surface area contributed by atoms with Crippen LogP contribution in [0, 0.1) is 17.1 Å². The quantitative estimate of drug-likeness (QED) is 0.534. The van der Waals surface area contributed by atoms with E-state index in [1.807, 2.05) is 54.1 Å². The maximum atomic E-state index is 13.7. The molecular weight excluding hydrogens is 403 g/mol. The van der Waals surface area contributed by atoms with Gasteiger partial charge in [0.05, 0.1) is 21.5 Å². The second kappa shape index (κ2) is 7.71. The molecule has 150 valence electrons. The van der Waals surface area contributed by atoms with Crippen LogP contribution in [0.1, 0.15) is 23.0 Å². The fraction of sp³-hybridized carbons (Fsp3) is 0.0909. The molecule has 0 aliphatic heterocycles. The fourth-order valence-electron chi connectivity index (χ4n) is 3.32. The Kier molecular flexibility index (Phi) is 5.08. The van der Waals surface area contributed by atoms with E-state index in [1.165, 1.54) is 0 Å². The third-order valence-electron chi connectivity index (χ3n) is 4.85. The molecule has 1 aromatic heterocycles. The van der Waals surface area contributed by atoms with Crippen molar-refractivity contribution < 1.29 is 12.8 Å². The van der Waals surface area contributed by atoms with Gasteiger partial charge in [-0.25, -0.2) is 17.8 Å². The van der Waals surface area contributed by atoms with Crippen LogP contribution in [0.25, 0.3) is 11.0 Å². The highest BCUT2D eigenvalue weighted by Crippen LogP contribution is 2.27. The molecular formula is C22H17FN4O2S. The van der Waals surface area contributed by atoms with Crippen molar-refractivity contribution in [3.8, 4) is 6.07 Å². The Labute approximate surface area is 173 Å². The molecule has 1 N–H and O–H groups in total. The number of halogens is 1. The summed E-state index contributed by atoms with van der Waals surface area (Å²) in [6.45, 7) is 0. The highest BCUT2D eigenvalue weighted by atomic mass is 32.2. The SMILES string of the molecule is Cn1c(C(NS(=O)(=O)c2ccc(F)c(C#N)c2)c2ccccc2)nc2ccccc21. The Morgan fingerprint density at radius 1 is 1.07 bits per heavy atom. The molecule has 1 atom stereocenters. The number of hydrogen-bond acceptors (Lipinski definition) is 4. The summed E-state index contributed by atoms with van der Waals surface area (Å²) in [5, 5.41) is 9.04. The minimum Gasteiger partial charge on any atom is -0.329 e. The number of nitriles is 1. The van der Waals surface area contributed by atoms with Crippen LogP contribution in [0.4, 0.5) is 4.39 Å². The van der Waals surface area contributed by atoms with Crippen molar-refractivity contribution in [2.24, 2.45) is 7.05 Å². The van der Waals surface area contributed by atoms with Gasteiger partial charge in [-0.3, -0.25) is 0 Å². The van der Waals surface area contributed by atoms with Crippen molar-refractivity contribution in [2.45, 2.75) is 10.9 Å². The molecule has 0 saturated heterocycles. The van der Waals surface area contributed by atoms with Crippen molar-refractivity contribution in [2.75, 3.05) is 0 Å². The summed E-state index contributed by atoms with van der Waals surface area (Å²) >= 11 is 0. The summed E-state index contributed by atoms with van der Waals surface area (Å²) in [4.78, 5) is 4.44. The minimum absolute atomic E-state index is 0.194. The Hall–Kier alpha value is -3.54. The Morgan fingerprint density at radius 3 is 2.47 bits per heavy atom. The van der Waals surface area contributed by atoms with Gasteiger partial charge in [-0.05, 0) is 35.9 Å². The summed E-state index contributed by atoms with van der Waals surface area (Å²) in [7, 11) is -2.26. The predicted molar refractivity (Wildman–Crippen MR) is 110 cm³/mol. The number of imidazole rings is 1. The van der Waals surface area contributed by atoms with Crippen molar-refractivity contribution >= 4 is 21.1 Å². The zero-order valence-electron chi connectivity index (χ0n) is 15.9. The molecule has 4 rings (SSSR count). The molecule has 0 saturated carbocycles. The normalized spacial score (nSPS) is 12.6. The summed E-state index contributed by atoms with van der Waals surface area (Å²) in [6, 6.07) is 20.6. The van der Waals surface area contributed by atoms with Crippen molar-refractivity contribution in [1.29, 1.82) is 5.26 Å². The first kappa shape index (κ1) is 19.8. The van der Waals surface area contributed by atoms with Crippen LogP contribution in [0.2, 0.25) is 0 Å². The molecule has 0 spiro atoms. The highest BCUT2D eigenvalue weighted by molar-refractivity contribution is 7.89. The van der Waals surface area contributed by atoms with E-state index < -0.39 is 21.9 Å². The lowest BCUT2D eigenvalue weighted by Gasteiger charge is -2.19. The van der Waals surface area contributed by atoms with E-state index in [4.69, 9.17) is 5.26 Å². The molecule has 4 aromatic rings. The third kappa shape index (κ3) is 3.56. The van der Waals surface area contributed by atoms with Crippen LogP contribution >= 0.6 is 0 Å².